The molecule has 0 aliphatic rings. The average Bonchev–Trinajstić information content (AvgIpc) is 2.53. The summed E-state index contributed by atoms with van der Waals surface area (Å²) >= 11 is 0. The number of aliphatic hydroxyl groups is 1. The molecular weight excluding hydrogens is 260 g/mol. The van der Waals surface area contributed by atoms with Crippen LogP contribution in [0.5, 0.6) is 5.75 Å². The first-order valence-corrected chi connectivity index (χ1v) is 8.31. The number of rotatable bonds is 13. The van der Waals surface area contributed by atoms with Crippen molar-refractivity contribution < 1.29 is 9.84 Å². The molecule has 118 valence electrons. The highest BCUT2D eigenvalue weighted by molar-refractivity contribution is 5.20. The van der Waals surface area contributed by atoms with Crippen molar-refractivity contribution in [3.8, 4) is 5.75 Å². The summed E-state index contributed by atoms with van der Waals surface area (Å²) in [5.41, 5.74) is 0. The standard InChI is InChI=1S/C19H30O2/c1-2-18(20)14-10-7-5-3-4-6-8-13-17-21-19-15-11-9-12-16-19/h2,9,11-12,15-16,18,20H,1,3-8,10,13-14,17H2. The van der Waals surface area contributed by atoms with Crippen LogP contribution in [0.25, 0.3) is 0 Å². The van der Waals surface area contributed by atoms with E-state index in [1.54, 1.807) is 6.08 Å². The van der Waals surface area contributed by atoms with Gasteiger partial charge in [-0.3, -0.25) is 0 Å². The van der Waals surface area contributed by atoms with E-state index in [0.29, 0.717) is 0 Å². The summed E-state index contributed by atoms with van der Waals surface area (Å²) in [5.74, 6) is 0.971. The molecule has 0 fully saturated rings. The molecule has 1 aromatic rings. The van der Waals surface area contributed by atoms with Crippen molar-refractivity contribution in [2.24, 2.45) is 0 Å². The van der Waals surface area contributed by atoms with E-state index in [-0.39, 0.29) is 6.10 Å². The predicted molar refractivity (Wildman–Crippen MR) is 89.7 cm³/mol. The van der Waals surface area contributed by atoms with Gasteiger partial charge in [0.25, 0.3) is 0 Å². The van der Waals surface area contributed by atoms with E-state index in [1.165, 1.54) is 38.5 Å². The van der Waals surface area contributed by atoms with Crippen LogP contribution in [-0.4, -0.2) is 17.8 Å². The van der Waals surface area contributed by atoms with Gasteiger partial charge in [0.05, 0.1) is 12.7 Å². The van der Waals surface area contributed by atoms with Crippen LogP contribution in [0.1, 0.15) is 57.8 Å². The second kappa shape index (κ2) is 12.5. The van der Waals surface area contributed by atoms with E-state index in [4.69, 9.17) is 4.74 Å². The fourth-order valence-corrected chi connectivity index (χ4v) is 2.34. The van der Waals surface area contributed by atoms with E-state index in [9.17, 15) is 5.11 Å². The Morgan fingerprint density at radius 3 is 2.10 bits per heavy atom. The van der Waals surface area contributed by atoms with Gasteiger partial charge in [0, 0.05) is 0 Å². The first kappa shape index (κ1) is 17.8. The van der Waals surface area contributed by atoms with E-state index in [2.05, 4.69) is 6.58 Å². The molecule has 0 spiro atoms. The Kier molecular flexibility index (Phi) is 10.5. The quantitative estimate of drug-likeness (QED) is 0.403. The molecule has 0 saturated heterocycles. The van der Waals surface area contributed by atoms with E-state index >= 15 is 0 Å². The van der Waals surface area contributed by atoms with Gasteiger partial charge in [0.15, 0.2) is 0 Å². The number of unbranched alkanes of at least 4 members (excludes halogenated alkanes) is 7. The van der Waals surface area contributed by atoms with E-state index in [0.717, 1.165) is 31.6 Å². The summed E-state index contributed by atoms with van der Waals surface area (Å²) in [6.07, 6.45) is 12.1. The lowest BCUT2D eigenvalue weighted by molar-refractivity contribution is 0.208. The summed E-state index contributed by atoms with van der Waals surface area (Å²) < 4.78 is 5.67. The van der Waals surface area contributed by atoms with Crippen LogP contribution in [0, 0.1) is 0 Å². The first-order valence-electron chi connectivity index (χ1n) is 8.31. The van der Waals surface area contributed by atoms with Gasteiger partial charge in [-0.2, -0.15) is 0 Å². The maximum absolute atomic E-state index is 9.33. The van der Waals surface area contributed by atoms with Crippen LogP contribution >= 0.6 is 0 Å². The second-order valence-corrected chi connectivity index (χ2v) is 5.58. The number of ether oxygens (including phenoxy) is 1. The third-order valence-corrected chi connectivity index (χ3v) is 3.68. The topological polar surface area (TPSA) is 29.5 Å². The molecule has 1 N–H and O–H groups in total. The van der Waals surface area contributed by atoms with Gasteiger partial charge in [-0.25, -0.2) is 0 Å². The molecule has 0 aromatic heterocycles. The highest BCUT2D eigenvalue weighted by Gasteiger charge is 1.98. The molecule has 2 nitrogen and oxygen atoms in total. The van der Waals surface area contributed by atoms with E-state index < -0.39 is 0 Å². The van der Waals surface area contributed by atoms with Crippen LogP contribution < -0.4 is 4.74 Å². The summed E-state index contributed by atoms with van der Waals surface area (Å²) in [7, 11) is 0. The Labute approximate surface area is 129 Å². The van der Waals surface area contributed by atoms with Crippen molar-refractivity contribution in [1.82, 2.24) is 0 Å². The Balaban J connectivity index is 1.80. The van der Waals surface area contributed by atoms with Gasteiger partial charge in [-0.05, 0) is 25.0 Å². The normalized spacial score (nSPS) is 12.0. The van der Waals surface area contributed by atoms with Gasteiger partial charge in [0.2, 0.25) is 0 Å². The molecule has 21 heavy (non-hydrogen) atoms. The number of hydrogen-bond acceptors (Lipinski definition) is 2. The molecule has 0 aliphatic carbocycles. The van der Waals surface area contributed by atoms with Crippen molar-refractivity contribution in [2.75, 3.05) is 6.61 Å². The van der Waals surface area contributed by atoms with Crippen molar-refractivity contribution in [3.63, 3.8) is 0 Å². The number of aliphatic hydroxyl groups excluding tert-OH is 1. The molecule has 0 bridgehead atoms. The highest BCUT2D eigenvalue weighted by Crippen LogP contribution is 2.12. The van der Waals surface area contributed by atoms with Crippen molar-refractivity contribution in [1.29, 1.82) is 0 Å². The Hall–Kier alpha value is -1.28. The molecule has 0 aliphatic heterocycles. The zero-order valence-electron chi connectivity index (χ0n) is 13.2. The Morgan fingerprint density at radius 1 is 0.905 bits per heavy atom. The lowest BCUT2D eigenvalue weighted by atomic mass is 10.1. The zero-order valence-corrected chi connectivity index (χ0v) is 13.2. The van der Waals surface area contributed by atoms with Gasteiger partial charge >= 0.3 is 0 Å². The third-order valence-electron chi connectivity index (χ3n) is 3.68. The lowest BCUT2D eigenvalue weighted by Gasteiger charge is -2.06. The summed E-state index contributed by atoms with van der Waals surface area (Å²) in [6.45, 7) is 4.41. The van der Waals surface area contributed by atoms with Gasteiger partial charge in [0.1, 0.15) is 5.75 Å². The Morgan fingerprint density at radius 2 is 1.48 bits per heavy atom. The highest BCUT2D eigenvalue weighted by atomic mass is 16.5. The molecule has 1 aromatic carbocycles. The molecule has 0 heterocycles. The fraction of sp³-hybridized carbons (Fsp3) is 0.579. The molecule has 1 unspecified atom stereocenters. The third kappa shape index (κ3) is 10.1. The lowest BCUT2D eigenvalue weighted by Crippen LogP contribution is -2.00. The zero-order chi connectivity index (χ0) is 15.2. The molecule has 0 saturated carbocycles. The fourth-order valence-electron chi connectivity index (χ4n) is 2.34. The second-order valence-electron chi connectivity index (χ2n) is 5.58. The predicted octanol–water partition coefficient (Wildman–Crippen LogP) is 5.12. The van der Waals surface area contributed by atoms with Gasteiger partial charge in [-0.15, -0.1) is 6.58 Å². The molecule has 1 atom stereocenters. The maximum Gasteiger partial charge on any atom is 0.119 e. The first-order chi connectivity index (χ1) is 10.3. The monoisotopic (exact) mass is 290 g/mol. The largest absolute Gasteiger partial charge is 0.494 e. The molecular formula is C19H30O2. The summed E-state index contributed by atoms with van der Waals surface area (Å²) in [4.78, 5) is 0. The van der Waals surface area contributed by atoms with Gasteiger partial charge < -0.3 is 9.84 Å². The minimum atomic E-state index is -0.311. The van der Waals surface area contributed by atoms with Crippen LogP contribution in [0.2, 0.25) is 0 Å². The molecule has 2 heteroatoms. The minimum Gasteiger partial charge on any atom is -0.494 e. The van der Waals surface area contributed by atoms with Crippen LogP contribution in [0.15, 0.2) is 43.0 Å². The van der Waals surface area contributed by atoms with E-state index in [1.807, 2.05) is 30.3 Å². The number of para-hydroxylation sites is 1. The van der Waals surface area contributed by atoms with Gasteiger partial charge in [-0.1, -0.05) is 69.2 Å². The van der Waals surface area contributed by atoms with Crippen LogP contribution in [0.4, 0.5) is 0 Å². The molecule has 1 rings (SSSR count). The average molecular weight is 290 g/mol. The van der Waals surface area contributed by atoms with Crippen molar-refractivity contribution in [3.05, 3.63) is 43.0 Å². The maximum atomic E-state index is 9.33. The number of hydrogen-bond donors (Lipinski definition) is 1. The minimum absolute atomic E-state index is 0.311. The molecule has 0 radical (unpaired) electrons. The summed E-state index contributed by atoms with van der Waals surface area (Å²) in [6, 6.07) is 10.0. The smallest absolute Gasteiger partial charge is 0.119 e. The van der Waals surface area contributed by atoms with Crippen molar-refractivity contribution in [2.45, 2.75) is 63.9 Å². The molecule has 0 amide bonds. The van der Waals surface area contributed by atoms with Crippen molar-refractivity contribution >= 4 is 0 Å². The Bertz CT molecular complexity index is 348. The summed E-state index contributed by atoms with van der Waals surface area (Å²) in [5, 5.41) is 9.33. The van der Waals surface area contributed by atoms with Crippen LogP contribution in [-0.2, 0) is 0 Å². The van der Waals surface area contributed by atoms with Crippen LogP contribution in [0.3, 0.4) is 0 Å². The number of benzene rings is 1. The SMILES string of the molecule is C=CC(O)CCCCCCCCCCOc1ccccc1.